The standard InChI is InChI=1S/C25H22O5/c1-28-22-6-4-5-17(15-22)16-23(18-7-11-20(12-8-18)24(26)29-2)19-9-13-21(14-10-19)25(27)30-3/h4-16H,1-3H3. The number of methoxy groups -OCH3 is 3. The molecule has 0 amide bonds. The van der Waals surface area contributed by atoms with Crippen LogP contribution in [0.25, 0.3) is 11.6 Å². The minimum absolute atomic E-state index is 0.387. The Kier molecular flexibility index (Phi) is 6.65. The summed E-state index contributed by atoms with van der Waals surface area (Å²) in [6.45, 7) is 0. The van der Waals surface area contributed by atoms with Gasteiger partial charge in [-0.15, -0.1) is 0 Å². The van der Waals surface area contributed by atoms with Gasteiger partial charge in [-0.3, -0.25) is 0 Å². The Morgan fingerprint density at radius 3 is 1.57 bits per heavy atom. The van der Waals surface area contributed by atoms with Crippen LogP contribution in [0.1, 0.15) is 37.4 Å². The van der Waals surface area contributed by atoms with E-state index >= 15 is 0 Å². The predicted molar refractivity (Wildman–Crippen MR) is 116 cm³/mol. The Balaban J connectivity index is 2.07. The van der Waals surface area contributed by atoms with Crippen molar-refractivity contribution in [1.29, 1.82) is 0 Å². The van der Waals surface area contributed by atoms with Gasteiger partial charge in [-0.05, 0) is 64.7 Å². The predicted octanol–water partition coefficient (Wildman–Crippen LogP) is 4.86. The van der Waals surface area contributed by atoms with Gasteiger partial charge in [0.25, 0.3) is 0 Å². The first-order chi connectivity index (χ1) is 14.5. The van der Waals surface area contributed by atoms with E-state index in [1.165, 1.54) is 14.2 Å². The van der Waals surface area contributed by atoms with E-state index in [4.69, 9.17) is 14.2 Å². The van der Waals surface area contributed by atoms with Gasteiger partial charge in [-0.2, -0.15) is 0 Å². The summed E-state index contributed by atoms with van der Waals surface area (Å²) in [5.74, 6) is -0.0187. The number of ether oxygens (including phenoxy) is 3. The Morgan fingerprint density at radius 1 is 0.667 bits per heavy atom. The summed E-state index contributed by atoms with van der Waals surface area (Å²) in [6.07, 6.45) is 2.03. The fourth-order valence-electron chi connectivity index (χ4n) is 3.04. The molecule has 3 aromatic rings. The highest BCUT2D eigenvalue weighted by atomic mass is 16.5. The lowest BCUT2D eigenvalue weighted by Crippen LogP contribution is -2.02. The second-order valence-electron chi connectivity index (χ2n) is 6.47. The van der Waals surface area contributed by atoms with Crippen LogP contribution < -0.4 is 4.74 Å². The first kappa shape index (κ1) is 20.9. The van der Waals surface area contributed by atoms with Gasteiger partial charge in [0.15, 0.2) is 0 Å². The van der Waals surface area contributed by atoms with Crippen molar-refractivity contribution < 1.29 is 23.8 Å². The maximum atomic E-state index is 11.8. The van der Waals surface area contributed by atoms with Crippen LogP contribution in [-0.4, -0.2) is 33.3 Å². The van der Waals surface area contributed by atoms with Crippen molar-refractivity contribution >= 4 is 23.6 Å². The first-order valence-electron chi connectivity index (χ1n) is 9.29. The van der Waals surface area contributed by atoms with Gasteiger partial charge in [-0.1, -0.05) is 36.4 Å². The second-order valence-corrected chi connectivity index (χ2v) is 6.47. The molecule has 0 unspecified atom stereocenters. The highest BCUT2D eigenvalue weighted by Gasteiger charge is 2.11. The SMILES string of the molecule is COC(=O)c1ccc(C(=Cc2cccc(OC)c2)c2ccc(C(=O)OC)cc2)cc1. The van der Waals surface area contributed by atoms with Crippen LogP contribution in [0.15, 0.2) is 72.8 Å². The van der Waals surface area contributed by atoms with Gasteiger partial charge in [0.1, 0.15) is 5.75 Å². The number of hydrogen-bond acceptors (Lipinski definition) is 5. The fraction of sp³-hybridized carbons (Fsp3) is 0.120. The molecule has 0 spiro atoms. The molecule has 30 heavy (non-hydrogen) atoms. The van der Waals surface area contributed by atoms with E-state index in [1.54, 1.807) is 31.4 Å². The molecule has 0 aromatic heterocycles. The van der Waals surface area contributed by atoms with Crippen LogP contribution in [0, 0.1) is 0 Å². The van der Waals surface area contributed by atoms with E-state index in [0.717, 1.165) is 28.0 Å². The average Bonchev–Trinajstić information content (AvgIpc) is 2.82. The summed E-state index contributed by atoms with van der Waals surface area (Å²) in [5.41, 5.74) is 4.66. The molecule has 3 aromatic carbocycles. The molecule has 0 N–H and O–H groups in total. The molecule has 0 aliphatic carbocycles. The monoisotopic (exact) mass is 402 g/mol. The van der Waals surface area contributed by atoms with E-state index < -0.39 is 0 Å². The summed E-state index contributed by atoms with van der Waals surface area (Å²) in [7, 11) is 4.33. The molecule has 0 fully saturated rings. The van der Waals surface area contributed by atoms with Gasteiger partial charge >= 0.3 is 11.9 Å². The van der Waals surface area contributed by atoms with Crippen molar-refractivity contribution in [2.24, 2.45) is 0 Å². The second kappa shape index (κ2) is 9.56. The van der Waals surface area contributed by atoms with Crippen molar-refractivity contribution in [3.8, 4) is 5.75 Å². The first-order valence-corrected chi connectivity index (χ1v) is 9.29. The number of benzene rings is 3. The van der Waals surface area contributed by atoms with Gasteiger partial charge in [0.2, 0.25) is 0 Å². The molecule has 5 nitrogen and oxygen atoms in total. The molecule has 0 atom stereocenters. The number of carbonyl (C=O) groups excluding carboxylic acids is 2. The van der Waals surface area contributed by atoms with Gasteiger partial charge in [-0.25, -0.2) is 9.59 Å². The summed E-state index contributed by atoms with van der Waals surface area (Å²) in [4.78, 5) is 23.5. The van der Waals surface area contributed by atoms with Crippen molar-refractivity contribution in [2.75, 3.05) is 21.3 Å². The van der Waals surface area contributed by atoms with Gasteiger partial charge in [0, 0.05) is 0 Å². The molecule has 3 rings (SSSR count). The van der Waals surface area contributed by atoms with Gasteiger partial charge < -0.3 is 14.2 Å². The highest BCUT2D eigenvalue weighted by Crippen LogP contribution is 2.28. The average molecular weight is 402 g/mol. The molecule has 152 valence electrons. The van der Waals surface area contributed by atoms with E-state index in [2.05, 4.69) is 0 Å². The highest BCUT2D eigenvalue weighted by molar-refractivity contribution is 5.95. The lowest BCUT2D eigenvalue weighted by molar-refractivity contribution is 0.0592. The van der Waals surface area contributed by atoms with Crippen LogP contribution in [0.5, 0.6) is 5.75 Å². The third-order valence-corrected chi connectivity index (χ3v) is 4.64. The minimum Gasteiger partial charge on any atom is -0.497 e. The third-order valence-electron chi connectivity index (χ3n) is 4.64. The Bertz CT molecular complexity index is 1000. The van der Waals surface area contributed by atoms with Crippen LogP contribution in [0.4, 0.5) is 0 Å². The number of esters is 2. The number of hydrogen-bond donors (Lipinski definition) is 0. The molecule has 0 bridgehead atoms. The maximum absolute atomic E-state index is 11.8. The van der Waals surface area contributed by atoms with E-state index in [1.807, 2.05) is 54.6 Å². The summed E-state index contributed by atoms with van der Waals surface area (Å²) in [5, 5.41) is 0. The van der Waals surface area contributed by atoms with E-state index in [-0.39, 0.29) is 11.9 Å². The van der Waals surface area contributed by atoms with Crippen molar-refractivity contribution in [3.63, 3.8) is 0 Å². The Labute approximate surface area is 175 Å². The molecular weight excluding hydrogens is 380 g/mol. The molecule has 0 heterocycles. The molecule has 0 aliphatic heterocycles. The van der Waals surface area contributed by atoms with E-state index in [0.29, 0.717) is 11.1 Å². The Hall–Kier alpha value is -3.86. The lowest BCUT2D eigenvalue weighted by atomic mass is 9.94. The minimum atomic E-state index is -0.387. The molecule has 0 aliphatic rings. The molecule has 5 heteroatoms. The molecule has 0 radical (unpaired) electrons. The molecule has 0 saturated heterocycles. The number of carbonyl (C=O) groups is 2. The Morgan fingerprint density at radius 2 is 1.13 bits per heavy atom. The smallest absolute Gasteiger partial charge is 0.337 e. The van der Waals surface area contributed by atoms with Crippen LogP contribution in [0.3, 0.4) is 0 Å². The third kappa shape index (κ3) is 4.75. The maximum Gasteiger partial charge on any atom is 0.337 e. The molecule has 0 saturated carbocycles. The van der Waals surface area contributed by atoms with Crippen molar-refractivity contribution in [1.82, 2.24) is 0 Å². The van der Waals surface area contributed by atoms with Crippen LogP contribution >= 0.6 is 0 Å². The van der Waals surface area contributed by atoms with Crippen LogP contribution in [0.2, 0.25) is 0 Å². The summed E-state index contributed by atoms with van der Waals surface area (Å²) in [6, 6.07) is 22.1. The molecular formula is C25H22O5. The van der Waals surface area contributed by atoms with Crippen molar-refractivity contribution in [2.45, 2.75) is 0 Å². The van der Waals surface area contributed by atoms with Crippen molar-refractivity contribution in [3.05, 3.63) is 101 Å². The van der Waals surface area contributed by atoms with E-state index in [9.17, 15) is 9.59 Å². The quantitative estimate of drug-likeness (QED) is 0.435. The van der Waals surface area contributed by atoms with Crippen LogP contribution in [-0.2, 0) is 9.47 Å². The zero-order valence-corrected chi connectivity index (χ0v) is 17.0. The lowest BCUT2D eigenvalue weighted by Gasteiger charge is -2.11. The topological polar surface area (TPSA) is 61.8 Å². The zero-order valence-electron chi connectivity index (χ0n) is 17.0. The normalized spacial score (nSPS) is 10.1. The fourth-order valence-corrected chi connectivity index (χ4v) is 3.04. The summed E-state index contributed by atoms with van der Waals surface area (Å²) < 4.78 is 14.9. The largest absolute Gasteiger partial charge is 0.497 e. The zero-order chi connectivity index (χ0) is 21.5. The summed E-state index contributed by atoms with van der Waals surface area (Å²) >= 11 is 0. The van der Waals surface area contributed by atoms with Gasteiger partial charge in [0.05, 0.1) is 32.5 Å². The number of rotatable bonds is 6.